The molecule has 2 aromatic rings. The van der Waals surface area contributed by atoms with Gasteiger partial charge in [-0.25, -0.2) is 4.79 Å². The lowest BCUT2D eigenvalue weighted by atomic mass is 10.1. The van der Waals surface area contributed by atoms with Crippen LogP contribution in [0, 0.1) is 0 Å². The minimum absolute atomic E-state index is 0.672. The van der Waals surface area contributed by atoms with Gasteiger partial charge in [-0.1, -0.05) is 12.1 Å². The van der Waals surface area contributed by atoms with E-state index in [9.17, 15) is 4.79 Å². The Morgan fingerprint density at radius 3 is 2.65 bits per heavy atom. The van der Waals surface area contributed by atoms with Gasteiger partial charge in [0.2, 0.25) is 0 Å². The van der Waals surface area contributed by atoms with Crippen molar-refractivity contribution in [3.63, 3.8) is 0 Å². The van der Waals surface area contributed by atoms with Crippen molar-refractivity contribution in [3.8, 4) is 11.4 Å². The standard InChI is InChI=1S/C13H10N2O2/c16-12(17)7-6-10-4-3-9-15-13(10)11-5-1-2-8-14-11/h1-9H,(H,16,17). The smallest absolute Gasteiger partial charge is 0.328 e. The maximum atomic E-state index is 10.5. The predicted octanol–water partition coefficient (Wildman–Crippen LogP) is 2.24. The minimum Gasteiger partial charge on any atom is -0.478 e. The largest absolute Gasteiger partial charge is 0.478 e. The van der Waals surface area contributed by atoms with Crippen molar-refractivity contribution in [3.05, 3.63) is 54.4 Å². The molecule has 4 nitrogen and oxygen atoms in total. The zero-order chi connectivity index (χ0) is 12.1. The highest BCUT2D eigenvalue weighted by atomic mass is 16.4. The molecule has 4 heteroatoms. The maximum absolute atomic E-state index is 10.5. The monoisotopic (exact) mass is 226 g/mol. The number of aromatic nitrogens is 2. The summed E-state index contributed by atoms with van der Waals surface area (Å²) >= 11 is 0. The molecule has 0 saturated carbocycles. The summed E-state index contributed by atoms with van der Waals surface area (Å²) in [6.45, 7) is 0. The Kier molecular flexibility index (Phi) is 3.25. The third kappa shape index (κ3) is 2.75. The van der Waals surface area contributed by atoms with E-state index in [1.807, 2.05) is 18.2 Å². The molecule has 0 aliphatic heterocycles. The van der Waals surface area contributed by atoms with E-state index in [4.69, 9.17) is 5.11 Å². The first-order chi connectivity index (χ1) is 8.27. The van der Waals surface area contributed by atoms with Crippen molar-refractivity contribution in [1.29, 1.82) is 0 Å². The molecule has 0 atom stereocenters. The molecule has 0 aliphatic rings. The zero-order valence-corrected chi connectivity index (χ0v) is 8.95. The van der Waals surface area contributed by atoms with Crippen molar-refractivity contribution in [1.82, 2.24) is 9.97 Å². The summed E-state index contributed by atoms with van der Waals surface area (Å²) in [7, 11) is 0. The average Bonchev–Trinajstić information content (AvgIpc) is 2.38. The van der Waals surface area contributed by atoms with Crippen molar-refractivity contribution >= 4 is 12.0 Å². The highest BCUT2D eigenvalue weighted by molar-refractivity contribution is 5.86. The molecule has 0 aromatic carbocycles. The van der Waals surface area contributed by atoms with Crippen molar-refractivity contribution < 1.29 is 9.90 Å². The third-order valence-electron chi connectivity index (χ3n) is 2.15. The Morgan fingerprint density at radius 1 is 1.12 bits per heavy atom. The van der Waals surface area contributed by atoms with E-state index in [-0.39, 0.29) is 0 Å². The fourth-order valence-electron chi connectivity index (χ4n) is 1.43. The predicted molar refractivity (Wildman–Crippen MR) is 64.1 cm³/mol. The Balaban J connectivity index is 2.45. The van der Waals surface area contributed by atoms with Gasteiger partial charge in [0, 0.05) is 24.0 Å². The zero-order valence-electron chi connectivity index (χ0n) is 8.95. The van der Waals surface area contributed by atoms with Crippen LogP contribution in [-0.2, 0) is 4.79 Å². The van der Waals surface area contributed by atoms with Crippen LogP contribution in [-0.4, -0.2) is 21.0 Å². The van der Waals surface area contributed by atoms with Gasteiger partial charge in [0.05, 0.1) is 11.4 Å². The summed E-state index contributed by atoms with van der Waals surface area (Å²) in [6, 6.07) is 9.08. The first kappa shape index (κ1) is 11.0. The second-order valence-electron chi connectivity index (χ2n) is 3.33. The van der Waals surface area contributed by atoms with E-state index in [2.05, 4.69) is 9.97 Å². The maximum Gasteiger partial charge on any atom is 0.328 e. The molecule has 2 rings (SSSR count). The van der Waals surface area contributed by atoms with Crippen LogP contribution < -0.4 is 0 Å². The van der Waals surface area contributed by atoms with Crippen LogP contribution in [0.1, 0.15) is 5.56 Å². The third-order valence-corrected chi connectivity index (χ3v) is 2.15. The molecule has 17 heavy (non-hydrogen) atoms. The Hall–Kier alpha value is -2.49. The molecule has 1 N–H and O–H groups in total. The fourth-order valence-corrected chi connectivity index (χ4v) is 1.43. The number of carbonyl (C=O) groups is 1. The molecule has 0 spiro atoms. The molecule has 0 unspecified atom stereocenters. The summed E-state index contributed by atoms with van der Waals surface area (Å²) in [6.07, 6.45) is 5.93. The average molecular weight is 226 g/mol. The van der Waals surface area contributed by atoms with Gasteiger partial charge in [0.25, 0.3) is 0 Å². The van der Waals surface area contributed by atoms with E-state index in [1.165, 1.54) is 6.08 Å². The van der Waals surface area contributed by atoms with E-state index >= 15 is 0 Å². The molecule has 0 saturated heterocycles. The van der Waals surface area contributed by atoms with Gasteiger partial charge >= 0.3 is 5.97 Å². The molecule has 0 amide bonds. The fraction of sp³-hybridized carbons (Fsp3) is 0. The second-order valence-corrected chi connectivity index (χ2v) is 3.33. The normalized spacial score (nSPS) is 10.6. The van der Waals surface area contributed by atoms with Crippen LogP contribution in [0.3, 0.4) is 0 Å². The van der Waals surface area contributed by atoms with Crippen LogP contribution in [0.2, 0.25) is 0 Å². The molecule has 0 aliphatic carbocycles. The molecule has 84 valence electrons. The van der Waals surface area contributed by atoms with E-state index in [0.717, 1.165) is 17.3 Å². The summed E-state index contributed by atoms with van der Waals surface area (Å²) < 4.78 is 0. The Morgan fingerprint density at radius 2 is 1.94 bits per heavy atom. The number of carboxylic acid groups (broad SMARTS) is 1. The summed E-state index contributed by atoms with van der Waals surface area (Å²) in [5.74, 6) is -0.985. The lowest BCUT2D eigenvalue weighted by molar-refractivity contribution is -0.131. The van der Waals surface area contributed by atoms with E-state index in [0.29, 0.717) is 5.69 Å². The lowest BCUT2D eigenvalue weighted by Gasteiger charge is -2.03. The summed E-state index contributed by atoms with van der Waals surface area (Å²) in [5.41, 5.74) is 2.12. The molecule has 2 aromatic heterocycles. The van der Waals surface area contributed by atoms with Crippen LogP contribution >= 0.6 is 0 Å². The van der Waals surface area contributed by atoms with Crippen LogP contribution in [0.4, 0.5) is 0 Å². The topological polar surface area (TPSA) is 63.1 Å². The van der Waals surface area contributed by atoms with Gasteiger partial charge in [-0.2, -0.15) is 0 Å². The van der Waals surface area contributed by atoms with Crippen molar-refractivity contribution in [2.75, 3.05) is 0 Å². The number of hydrogen-bond donors (Lipinski definition) is 1. The van der Waals surface area contributed by atoms with Crippen LogP contribution in [0.25, 0.3) is 17.5 Å². The molecule has 2 heterocycles. The van der Waals surface area contributed by atoms with Gasteiger partial charge < -0.3 is 5.11 Å². The first-order valence-corrected chi connectivity index (χ1v) is 5.05. The van der Waals surface area contributed by atoms with Crippen molar-refractivity contribution in [2.45, 2.75) is 0 Å². The first-order valence-electron chi connectivity index (χ1n) is 5.05. The summed E-state index contributed by atoms with van der Waals surface area (Å²) in [5, 5.41) is 8.61. The molecule has 0 bridgehead atoms. The highest BCUT2D eigenvalue weighted by Gasteiger charge is 2.04. The van der Waals surface area contributed by atoms with Crippen LogP contribution in [0.5, 0.6) is 0 Å². The summed E-state index contributed by atoms with van der Waals surface area (Å²) in [4.78, 5) is 18.9. The quantitative estimate of drug-likeness (QED) is 0.815. The number of carboxylic acids is 1. The van der Waals surface area contributed by atoms with E-state index in [1.54, 1.807) is 24.5 Å². The molecular formula is C13H10N2O2. The van der Waals surface area contributed by atoms with E-state index < -0.39 is 5.97 Å². The van der Waals surface area contributed by atoms with Gasteiger partial charge in [-0.3, -0.25) is 9.97 Å². The molecule has 0 fully saturated rings. The molecule has 0 radical (unpaired) electrons. The minimum atomic E-state index is -0.985. The Bertz CT molecular complexity index is 550. The second kappa shape index (κ2) is 5.03. The molecular weight excluding hydrogens is 216 g/mol. The van der Waals surface area contributed by atoms with Crippen LogP contribution in [0.15, 0.2) is 48.8 Å². The lowest BCUT2D eigenvalue weighted by Crippen LogP contribution is -1.91. The number of aliphatic carboxylic acids is 1. The van der Waals surface area contributed by atoms with Crippen molar-refractivity contribution in [2.24, 2.45) is 0 Å². The number of rotatable bonds is 3. The van der Waals surface area contributed by atoms with Gasteiger partial charge in [-0.15, -0.1) is 0 Å². The van der Waals surface area contributed by atoms with Gasteiger partial charge in [-0.05, 0) is 24.3 Å². The van der Waals surface area contributed by atoms with Gasteiger partial charge in [0.15, 0.2) is 0 Å². The van der Waals surface area contributed by atoms with Gasteiger partial charge in [0.1, 0.15) is 0 Å². The number of hydrogen-bond acceptors (Lipinski definition) is 3. The Labute approximate surface area is 98.3 Å². The SMILES string of the molecule is O=C(O)C=Cc1cccnc1-c1ccccn1. The number of pyridine rings is 2. The highest BCUT2D eigenvalue weighted by Crippen LogP contribution is 2.19. The number of nitrogens with zero attached hydrogens (tertiary/aromatic N) is 2.